The Morgan fingerprint density at radius 2 is 1.70 bits per heavy atom. The van der Waals surface area contributed by atoms with Gasteiger partial charge in [0.15, 0.2) is 9.84 Å². The van der Waals surface area contributed by atoms with E-state index in [4.69, 9.17) is 20.8 Å². The number of halogens is 1. The first kappa shape index (κ1) is 21.0. The van der Waals surface area contributed by atoms with E-state index in [2.05, 4.69) is 4.90 Å². The summed E-state index contributed by atoms with van der Waals surface area (Å²) < 4.78 is 37.2. The molecule has 0 unspecified atom stereocenters. The van der Waals surface area contributed by atoms with Gasteiger partial charge in [-0.2, -0.15) is 0 Å². The maximum absolute atomic E-state index is 13.0. The number of nitrogens with zero attached hydrogens (tertiary/aromatic N) is 1. The average Bonchev–Trinajstić information content (AvgIpc) is 3.31. The Bertz CT molecular complexity index is 1040. The number of sulfone groups is 1. The van der Waals surface area contributed by atoms with Gasteiger partial charge in [-0.3, -0.25) is 4.90 Å². The molecule has 1 aromatic heterocycles. The van der Waals surface area contributed by atoms with Gasteiger partial charge in [0.05, 0.1) is 16.4 Å². The Morgan fingerprint density at radius 1 is 1.00 bits per heavy atom. The highest BCUT2D eigenvalue weighted by Crippen LogP contribution is 2.27. The summed E-state index contributed by atoms with van der Waals surface area (Å²) in [5.41, 5.74) is 0.870. The summed E-state index contributed by atoms with van der Waals surface area (Å²) >= 11 is 5.88. The third-order valence-corrected chi connectivity index (χ3v) is 7.98. The van der Waals surface area contributed by atoms with Crippen molar-refractivity contribution >= 4 is 21.4 Å². The van der Waals surface area contributed by atoms with Gasteiger partial charge in [0.1, 0.15) is 18.1 Å². The number of likely N-dealkylation sites (tertiary alicyclic amines) is 1. The van der Waals surface area contributed by atoms with Crippen LogP contribution in [0.15, 0.2) is 76.2 Å². The molecule has 30 heavy (non-hydrogen) atoms. The molecule has 0 atom stereocenters. The van der Waals surface area contributed by atoms with Gasteiger partial charge in [-0.05, 0) is 86.6 Å². The van der Waals surface area contributed by atoms with Crippen LogP contribution in [0, 0.1) is 0 Å². The summed E-state index contributed by atoms with van der Waals surface area (Å²) in [4.78, 5) is 2.63. The predicted octanol–water partition coefficient (Wildman–Crippen LogP) is 4.92. The van der Waals surface area contributed by atoms with Crippen LogP contribution in [0.4, 0.5) is 0 Å². The summed E-state index contributed by atoms with van der Waals surface area (Å²) in [6.07, 6.45) is 2.86. The van der Waals surface area contributed by atoms with E-state index < -0.39 is 9.84 Å². The molecule has 4 rings (SSSR count). The predicted molar refractivity (Wildman–Crippen MR) is 118 cm³/mol. The van der Waals surface area contributed by atoms with Crippen LogP contribution in [0.1, 0.15) is 12.8 Å². The molecule has 0 saturated carbocycles. The van der Waals surface area contributed by atoms with Crippen molar-refractivity contribution in [3.63, 3.8) is 0 Å². The van der Waals surface area contributed by atoms with Crippen molar-refractivity contribution in [3.05, 3.63) is 71.9 Å². The fraction of sp³-hybridized carbons (Fsp3) is 0.304. The molecule has 2 heterocycles. The maximum Gasteiger partial charge on any atom is 0.181 e. The molecule has 5 nitrogen and oxygen atoms in total. The Kier molecular flexibility index (Phi) is 6.46. The second-order valence-corrected chi connectivity index (χ2v) is 10.1. The van der Waals surface area contributed by atoms with Crippen LogP contribution in [0.2, 0.25) is 5.02 Å². The lowest BCUT2D eigenvalue weighted by Crippen LogP contribution is -2.41. The lowest BCUT2D eigenvalue weighted by Gasteiger charge is -2.31. The zero-order chi connectivity index (χ0) is 21.0. The monoisotopic (exact) mass is 445 g/mol. The quantitative estimate of drug-likeness (QED) is 0.516. The van der Waals surface area contributed by atoms with E-state index in [9.17, 15) is 8.42 Å². The second kappa shape index (κ2) is 9.25. The Hall–Kier alpha value is -2.28. The highest BCUT2D eigenvalue weighted by atomic mass is 35.5. The molecule has 158 valence electrons. The molecule has 0 bridgehead atoms. The number of hydrogen-bond acceptors (Lipinski definition) is 5. The van der Waals surface area contributed by atoms with Crippen molar-refractivity contribution in [1.29, 1.82) is 0 Å². The summed E-state index contributed by atoms with van der Waals surface area (Å²) in [5.74, 6) is 1.52. The van der Waals surface area contributed by atoms with Gasteiger partial charge in [0, 0.05) is 17.1 Å². The third kappa shape index (κ3) is 4.89. The van der Waals surface area contributed by atoms with Gasteiger partial charge in [0.2, 0.25) is 0 Å². The Balaban J connectivity index is 1.29. The molecule has 1 saturated heterocycles. The molecular weight excluding hydrogens is 422 g/mol. The first-order valence-corrected chi connectivity index (χ1v) is 11.9. The molecule has 2 aromatic carbocycles. The number of piperidine rings is 1. The SMILES string of the molecule is O=S(=O)(c1ccc(-c2ccco2)cc1)C1CCN(CCOc2ccc(Cl)cc2)CC1. The second-order valence-electron chi connectivity index (χ2n) is 7.39. The largest absolute Gasteiger partial charge is 0.492 e. The first-order valence-electron chi connectivity index (χ1n) is 10.0. The van der Waals surface area contributed by atoms with Gasteiger partial charge in [-0.25, -0.2) is 8.42 Å². The summed E-state index contributed by atoms with van der Waals surface area (Å²) in [7, 11) is -3.34. The normalized spacial score (nSPS) is 15.9. The molecule has 0 amide bonds. The highest BCUT2D eigenvalue weighted by Gasteiger charge is 2.31. The lowest BCUT2D eigenvalue weighted by atomic mass is 10.1. The first-order chi connectivity index (χ1) is 14.5. The number of ether oxygens (including phenoxy) is 1. The number of hydrogen-bond donors (Lipinski definition) is 0. The third-order valence-electron chi connectivity index (χ3n) is 5.45. The number of furan rings is 1. The van der Waals surface area contributed by atoms with Crippen molar-refractivity contribution in [2.45, 2.75) is 23.0 Å². The minimum atomic E-state index is -3.34. The fourth-order valence-electron chi connectivity index (χ4n) is 3.71. The molecule has 0 N–H and O–H groups in total. The standard InChI is InChI=1S/C23H24ClNO4S/c24-19-5-7-20(8-6-19)28-17-15-25-13-11-22(12-14-25)30(26,27)21-9-3-18(4-10-21)23-2-1-16-29-23/h1-10,16,22H,11-15,17H2. The summed E-state index contributed by atoms with van der Waals surface area (Å²) in [6.45, 7) is 2.83. The molecule has 0 aliphatic carbocycles. The van der Waals surface area contributed by atoms with E-state index in [1.54, 1.807) is 42.7 Å². The molecule has 7 heteroatoms. The van der Waals surface area contributed by atoms with Crippen LogP contribution in [-0.2, 0) is 9.84 Å². The van der Waals surface area contributed by atoms with E-state index >= 15 is 0 Å². The topological polar surface area (TPSA) is 59.8 Å². The van der Waals surface area contributed by atoms with E-state index in [0.717, 1.165) is 36.7 Å². The molecule has 3 aromatic rings. The molecule has 1 aliphatic heterocycles. The van der Waals surface area contributed by atoms with Gasteiger partial charge < -0.3 is 9.15 Å². The molecule has 0 radical (unpaired) electrons. The van der Waals surface area contributed by atoms with Crippen molar-refractivity contribution in [2.24, 2.45) is 0 Å². The van der Waals surface area contributed by atoms with Crippen molar-refractivity contribution in [2.75, 3.05) is 26.2 Å². The average molecular weight is 446 g/mol. The van der Waals surface area contributed by atoms with Gasteiger partial charge in [-0.1, -0.05) is 11.6 Å². The minimum absolute atomic E-state index is 0.347. The van der Waals surface area contributed by atoms with Crippen LogP contribution >= 0.6 is 11.6 Å². The molecular formula is C23H24ClNO4S. The number of benzene rings is 2. The van der Waals surface area contributed by atoms with Gasteiger partial charge in [-0.15, -0.1) is 0 Å². The van der Waals surface area contributed by atoms with E-state index in [0.29, 0.717) is 29.4 Å². The smallest absolute Gasteiger partial charge is 0.181 e. The van der Waals surface area contributed by atoms with Crippen LogP contribution in [0.5, 0.6) is 5.75 Å². The molecule has 1 fully saturated rings. The fourth-order valence-corrected chi connectivity index (χ4v) is 5.57. The van der Waals surface area contributed by atoms with Gasteiger partial charge >= 0.3 is 0 Å². The van der Waals surface area contributed by atoms with Crippen molar-refractivity contribution < 1.29 is 17.6 Å². The van der Waals surface area contributed by atoms with Crippen LogP contribution in [0.25, 0.3) is 11.3 Å². The Labute approximate surface area is 182 Å². The van der Waals surface area contributed by atoms with Crippen LogP contribution in [-0.4, -0.2) is 44.8 Å². The van der Waals surface area contributed by atoms with E-state index in [1.807, 2.05) is 24.3 Å². The zero-order valence-corrected chi connectivity index (χ0v) is 18.1. The zero-order valence-electron chi connectivity index (χ0n) is 16.5. The molecule has 1 aliphatic rings. The van der Waals surface area contributed by atoms with E-state index in [1.165, 1.54) is 0 Å². The van der Waals surface area contributed by atoms with Crippen molar-refractivity contribution in [3.8, 4) is 17.1 Å². The highest BCUT2D eigenvalue weighted by molar-refractivity contribution is 7.92. The number of rotatable bonds is 7. The summed E-state index contributed by atoms with van der Waals surface area (Å²) in [6, 6.07) is 17.9. The minimum Gasteiger partial charge on any atom is -0.492 e. The maximum atomic E-state index is 13.0. The Morgan fingerprint density at radius 3 is 2.33 bits per heavy atom. The van der Waals surface area contributed by atoms with E-state index in [-0.39, 0.29) is 5.25 Å². The summed E-state index contributed by atoms with van der Waals surface area (Å²) in [5, 5.41) is 0.335. The lowest BCUT2D eigenvalue weighted by molar-refractivity contribution is 0.184. The van der Waals surface area contributed by atoms with Crippen LogP contribution in [0.3, 0.4) is 0 Å². The van der Waals surface area contributed by atoms with Crippen molar-refractivity contribution in [1.82, 2.24) is 4.90 Å². The molecule has 0 spiro atoms. The van der Waals surface area contributed by atoms with Gasteiger partial charge in [0.25, 0.3) is 0 Å². The van der Waals surface area contributed by atoms with Crippen LogP contribution < -0.4 is 4.74 Å².